The zero-order chi connectivity index (χ0) is 25.5. The third kappa shape index (κ3) is 6.47. The second kappa shape index (κ2) is 11.6. The Hall–Kier alpha value is -4.31. The van der Waals surface area contributed by atoms with Gasteiger partial charge in [0.15, 0.2) is 5.82 Å². The Bertz CT molecular complexity index is 1250. The molecule has 0 unspecified atom stereocenters. The molecule has 2 fully saturated rings. The fourth-order valence-corrected chi connectivity index (χ4v) is 4.24. The highest BCUT2D eigenvalue weighted by Crippen LogP contribution is 2.25. The van der Waals surface area contributed by atoms with E-state index in [-0.39, 0.29) is 11.9 Å². The van der Waals surface area contributed by atoms with E-state index >= 15 is 0 Å². The average Bonchev–Trinajstić information content (AvgIpc) is 2.95. The lowest BCUT2D eigenvalue weighted by Crippen LogP contribution is -2.40. The summed E-state index contributed by atoms with van der Waals surface area (Å²) in [4.78, 5) is 32.9. The molecule has 1 aromatic carbocycles. The van der Waals surface area contributed by atoms with E-state index in [0.717, 1.165) is 18.4 Å². The molecular weight excluding hydrogens is 472 g/mol. The number of likely N-dealkylation sites (tertiary alicyclic amines) is 1. The van der Waals surface area contributed by atoms with Gasteiger partial charge in [-0.05, 0) is 48.7 Å². The van der Waals surface area contributed by atoms with Crippen molar-refractivity contribution < 1.29 is 19.1 Å². The van der Waals surface area contributed by atoms with Gasteiger partial charge in [0.25, 0.3) is 5.91 Å². The first-order chi connectivity index (χ1) is 18.1. The average molecular weight is 501 g/mol. The second-order valence-electron chi connectivity index (χ2n) is 8.79. The van der Waals surface area contributed by atoms with E-state index in [4.69, 9.17) is 9.47 Å². The number of morpholine rings is 1. The third-order valence-corrected chi connectivity index (χ3v) is 6.23. The Balaban J connectivity index is 1.15. The van der Waals surface area contributed by atoms with Crippen molar-refractivity contribution in [3.05, 3.63) is 77.6 Å². The molecule has 2 aliphatic heterocycles. The van der Waals surface area contributed by atoms with Crippen LogP contribution in [-0.2, 0) is 4.74 Å². The summed E-state index contributed by atoms with van der Waals surface area (Å²) in [6.07, 6.45) is 6.84. The number of urea groups is 1. The van der Waals surface area contributed by atoms with Crippen LogP contribution in [0.2, 0.25) is 0 Å². The standard InChI is InChI=1S/C27H28N6O4/c34-26(32-13-15-36-16-14-32)22-6-7-25(28-19-22)37-23-4-1-3-21(18-23)17-20-8-11-33(12-9-20)27(35)30-24-5-2-10-29-31-24/h1-7,10,17-19H,8-9,11-16H2,(H,30,31,35). The number of amides is 3. The number of anilines is 1. The number of piperidine rings is 1. The number of hydrogen-bond acceptors (Lipinski definition) is 7. The molecule has 2 aromatic heterocycles. The molecule has 0 saturated carbocycles. The van der Waals surface area contributed by atoms with Crippen LogP contribution in [0.1, 0.15) is 28.8 Å². The maximum atomic E-state index is 12.6. The zero-order valence-corrected chi connectivity index (χ0v) is 20.4. The van der Waals surface area contributed by atoms with Crippen molar-refractivity contribution in [3.63, 3.8) is 0 Å². The van der Waals surface area contributed by atoms with Crippen molar-refractivity contribution in [2.24, 2.45) is 0 Å². The van der Waals surface area contributed by atoms with E-state index in [0.29, 0.717) is 62.4 Å². The summed E-state index contributed by atoms with van der Waals surface area (Å²) in [5.41, 5.74) is 2.82. The summed E-state index contributed by atoms with van der Waals surface area (Å²) in [7, 11) is 0. The number of ether oxygens (including phenoxy) is 2. The Morgan fingerprint density at radius 3 is 2.54 bits per heavy atom. The number of carbonyl (C=O) groups is 2. The Kier molecular flexibility index (Phi) is 7.66. The first-order valence-corrected chi connectivity index (χ1v) is 12.3. The van der Waals surface area contributed by atoms with E-state index in [2.05, 4.69) is 26.6 Å². The summed E-state index contributed by atoms with van der Waals surface area (Å²) in [5, 5.41) is 10.5. The van der Waals surface area contributed by atoms with Crippen molar-refractivity contribution in [3.8, 4) is 11.6 Å². The highest BCUT2D eigenvalue weighted by atomic mass is 16.5. The van der Waals surface area contributed by atoms with Crippen LogP contribution in [0.4, 0.5) is 10.6 Å². The summed E-state index contributed by atoms with van der Waals surface area (Å²) >= 11 is 0. The molecule has 0 bridgehead atoms. The molecule has 190 valence electrons. The molecule has 0 radical (unpaired) electrons. The molecule has 1 N–H and O–H groups in total. The number of nitrogens with zero attached hydrogens (tertiary/aromatic N) is 5. The highest BCUT2D eigenvalue weighted by Gasteiger charge is 2.20. The molecule has 10 nitrogen and oxygen atoms in total. The van der Waals surface area contributed by atoms with Gasteiger partial charge in [-0.15, -0.1) is 5.10 Å². The summed E-state index contributed by atoms with van der Waals surface area (Å²) in [6, 6.07) is 14.5. The first kappa shape index (κ1) is 24.4. The largest absolute Gasteiger partial charge is 0.439 e. The fourth-order valence-electron chi connectivity index (χ4n) is 4.24. The van der Waals surface area contributed by atoms with Gasteiger partial charge in [0.05, 0.1) is 18.8 Å². The number of hydrogen-bond donors (Lipinski definition) is 1. The molecule has 37 heavy (non-hydrogen) atoms. The Morgan fingerprint density at radius 2 is 1.81 bits per heavy atom. The van der Waals surface area contributed by atoms with Crippen molar-refractivity contribution in [1.82, 2.24) is 25.0 Å². The predicted octanol–water partition coefficient (Wildman–Crippen LogP) is 3.85. The van der Waals surface area contributed by atoms with Crippen LogP contribution in [0.15, 0.2) is 66.5 Å². The molecule has 2 aliphatic rings. The lowest BCUT2D eigenvalue weighted by Gasteiger charge is -2.28. The SMILES string of the molecule is O=C(Nc1cccnn1)N1CCC(=Cc2cccc(Oc3ccc(C(=O)N4CCOCC4)cn3)c2)CC1. The normalized spacial score (nSPS) is 15.7. The van der Waals surface area contributed by atoms with Gasteiger partial charge < -0.3 is 19.3 Å². The molecule has 4 heterocycles. The molecule has 0 spiro atoms. The summed E-state index contributed by atoms with van der Waals surface area (Å²) < 4.78 is 11.2. The minimum atomic E-state index is -0.167. The van der Waals surface area contributed by atoms with E-state index in [1.807, 2.05) is 24.3 Å². The number of pyridine rings is 1. The van der Waals surface area contributed by atoms with Crippen LogP contribution in [-0.4, -0.2) is 76.3 Å². The van der Waals surface area contributed by atoms with Gasteiger partial charge in [-0.3, -0.25) is 10.1 Å². The number of nitrogens with one attached hydrogen (secondary N) is 1. The Labute approximate surface area is 214 Å². The van der Waals surface area contributed by atoms with E-state index in [1.165, 1.54) is 5.57 Å². The number of benzene rings is 1. The van der Waals surface area contributed by atoms with E-state index in [9.17, 15) is 9.59 Å². The van der Waals surface area contributed by atoms with Crippen LogP contribution in [0.5, 0.6) is 11.6 Å². The second-order valence-corrected chi connectivity index (χ2v) is 8.79. The summed E-state index contributed by atoms with van der Waals surface area (Å²) in [6.45, 7) is 3.57. The van der Waals surface area contributed by atoms with Gasteiger partial charge in [0.2, 0.25) is 5.88 Å². The molecular formula is C27H28N6O4. The quantitative estimate of drug-likeness (QED) is 0.567. The van der Waals surface area contributed by atoms with Crippen molar-refractivity contribution >= 4 is 23.8 Å². The Morgan fingerprint density at radius 1 is 0.973 bits per heavy atom. The van der Waals surface area contributed by atoms with Gasteiger partial charge in [-0.1, -0.05) is 23.8 Å². The first-order valence-electron chi connectivity index (χ1n) is 12.3. The van der Waals surface area contributed by atoms with Crippen LogP contribution < -0.4 is 10.1 Å². The molecule has 5 rings (SSSR count). The lowest BCUT2D eigenvalue weighted by molar-refractivity contribution is 0.0302. The van der Waals surface area contributed by atoms with E-state index in [1.54, 1.807) is 46.5 Å². The van der Waals surface area contributed by atoms with Gasteiger partial charge >= 0.3 is 6.03 Å². The van der Waals surface area contributed by atoms with Crippen LogP contribution >= 0.6 is 0 Å². The topological polar surface area (TPSA) is 110 Å². The lowest BCUT2D eigenvalue weighted by atomic mass is 10.0. The summed E-state index contributed by atoms with van der Waals surface area (Å²) in [5.74, 6) is 1.48. The van der Waals surface area contributed by atoms with Gasteiger partial charge in [-0.2, -0.15) is 5.10 Å². The van der Waals surface area contributed by atoms with Crippen LogP contribution in [0, 0.1) is 0 Å². The molecule has 10 heteroatoms. The third-order valence-electron chi connectivity index (χ3n) is 6.23. The molecule has 0 aliphatic carbocycles. The van der Waals surface area contributed by atoms with Crippen LogP contribution in [0.3, 0.4) is 0 Å². The maximum Gasteiger partial charge on any atom is 0.323 e. The van der Waals surface area contributed by atoms with Gasteiger partial charge in [-0.25, -0.2) is 9.78 Å². The van der Waals surface area contributed by atoms with Gasteiger partial charge in [0, 0.05) is 44.6 Å². The van der Waals surface area contributed by atoms with Crippen LogP contribution in [0.25, 0.3) is 6.08 Å². The smallest absolute Gasteiger partial charge is 0.323 e. The minimum absolute atomic E-state index is 0.0479. The maximum absolute atomic E-state index is 12.6. The molecule has 3 aromatic rings. The number of aromatic nitrogens is 3. The minimum Gasteiger partial charge on any atom is -0.439 e. The van der Waals surface area contributed by atoms with Gasteiger partial charge in [0.1, 0.15) is 5.75 Å². The molecule has 0 atom stereocenters. The van der Waals surface area contributed by atoms with Crippen molar-refractivity contribution in [2.75, 3.05) is 44.7 Å². The zero-order valence-electron chi connectivity index (χ0n) is 20.4. The van der Waals surface area contributed by atoms with E-state index < -0.39 is 0 Å². The van der Waals surface area contributed by atoms with Crippen molar-refractivity contribution in [2.45, 2.75) is 12.8 Å². The fraction of sp³-hybridized carbons (Fsp3) is 0.296. The number of carbonyl (C=O) groups excluding carboxylic acids is 2. The monoisotopic (exact) mass is 500 g/mol. The molecule has 2 saturated heterocycles. The van der Waals surface area contributed by atoms with Crippen molar-refractivity contribution in [1.29, 1.82) is 0 Å². The number of rotatable bonds is 5. The molecule has 3 amide bonds. The highest BCUT2D eigenvalue weighted by molar-refractivity contribution is 5.94. The predicted molar refractivity (Wildman–Crippen MR) is 137 cm³/mol.